The van der Waals surface area contributed by atoms with Crippen molar-refractivity contribution in [1.82, 2.24) is 15.1 Å². The van der Waals surface area contributed by atoms with Crippen LogP contribution < -0.4 is 5.32 Å². The molecule has 2 rings (SSSR count). The number of nitrogens with zero attached hydrogens (tertiary/aromatic N) is 2. The van der Waals surface area contributed by atoms with Gasteiger partial charge in [0.25, 0.3) is 0 Å². The van der Waals surface area contributed by atoms with Crippen molar-refractivity contribution in [3.05, 3.63) is 51.8 Å². The number of rotatable bonds is 6. The van der Waals surface area contributed by atoms with Gasteiger partial charge in [0.1, 0.15) is 0 Å². The molecule has 5 heteroatoms. The van der Waals surface area contributed by atoms with Gasteiger partial charge >= 0.3 is 0 Å². The molecule has 108 valence electrons. The molecule has 0 bridgehead atoms. The highest BCUT2D eigenvalue weighted by atomic mass is 35.5. The van der Waals surface area contributed by atoms with Crippen LogP contribution in [0.25, 0.3) is 0 Å². The molecule has 0 radical (unpaired) electrons. The van der Waals surface area contributed by atoms with Gasteiger partial charge in [-0.15, -0.1) is 0 Å². The first kappa shape index (κ1) is 15.4. The Bertz CT molecular complexity index is 566. The molecule has 2 aromatic rings. The lowest BCUT2D eigenvalue weighted by molar-refractivity contribution is 0.511. The molecule has 0 amide bonds. The molecule has 1 aromatic heterocycles. The minimum absolute atomic E-state index is 0.145. The second-order valence-corrected chi connectivity index (χ2v) is 5.62. The Kier molecular flexibility index (Phi) is 5.46. The highest BCUT2D eigenvalue weighted by Gasteiger charge is 2.16. The molecule has 3 nitrogen and oxygen atoms in total. The number of benzene rings is 1. The van der Waals surface area contributed by atoms with E-state index in [0.717, 1.165) is 30.6 Å². The summed E-state index contributed by atoms with van der Waals surface area (Å²) >= 11 is 12.4. The van der Waals surface area contributed by atoms with Crippen LogP contribution in [0.2, 0.25) is 10.0 Å². The first-order chi connectivity index (χ1) is 9.61. The largest absolute Gasteiger partial charge is 0.308 e. The summed E-state index contributed by atoms with van der Waals surface area (Å²) in [6, 6.07) is 7.93. The average Bonchev–Trinajstić information content (AvgIpc) is 2.86. The number of halogens is 2. The van der Waals surface area contributed by atoms with Crippen molar-refractivity contribution in [3.63, 3.8) is 0 Å². The topological polar surface area (TPSA) is 29.9 Å². The van der Waals surface area contributed by atoms with E-state index in [-0.39, 0.29) is 6.04 Å². The number of aromatic nitrogens is 2. The number of aryl methyl sites for hydroxylation is 1. The summed E-state index contributed by atoms with van der Waals surface area (Å²) in [5, 5.41) is 9.24. The lowest BCUT2D eigenvalue weighted by Crippen LogP contribution is -2.24. The molecule has 0 saturated carbocycles. The van der Waals surface area contributed by atoms with E-state index < -0.39 is 0 Å². The van der Waals surface area contributed by atoms with E-state index in [4.69, 9.17) is 23.2 Å². The van der Waals surface area contributed by atoms with Crippen LogP contribution in [0, 0.1) is 0 Å². The minimum atomic E-state index is 0.145. The summed E-state index contributed by atoms with van der Waals surface area (Å²) in [5.41, 5.74) is 2.07. The summed E-state index contributed by atoms with van der Waals surface area (Å²) in [6.45, 7) is 3.09. The molecule has 1 N–H and O–H groups in total. The van der Waals surface area contributed by atoms with E-state index in [1.54, 1.807) is 0 Å². The Balaban J connectivity index is 2.21. The fourth-order valence-corrected chi connectivity index (χ4v) is 2.54. The molecule has 0 aliphatic rings. The van der Waals surface area contributed by atoms with Crippen LogP contribution in [0.3, 0.4) is 0 Å². The highest BCUT2D eigenvalue weighted by molar-refractivity contribution is 6.42. The Morgan fingerprint density at radius 2 is 2.10 bits per heavy atom. The van der Waals surface area contributed by atoms with Gasteiger partial charge in [0.2, 0.25) is 0 Å². The van der Waals surface area contributed by atoms with Gasteiger partial charge in [0, 0.05) is 13.2 Å². The fourth-order valence-electron chi connectivity index (χ4n) is 2.14. The Morgan fingerprint density at radius 1 is 1.30 bits per heavy atom. The van der Waals surface area contributed by atoms with Crippen molar-refractivity contribution in [1.29, 1.82) is 0 Å². The van der Waals surface area contributed by atoms with Gasteiger partial charge in [-0.2, -0.15) is 5.10 Å². The van der Waals surface area contributed by atoms with Crippen molar-refractivity contribution in [3.8, 4) is 0 Å². The monoisotopic (exact) mass is 311 g/mol. The molecule has 1 atom stereocenters. The van der Waals surface area contributed by atoms with E-state index in [2.05, 4.69) is 17.3 Å². The second kappa shape index (κ2) is 7.11. The maximum atomic E-state index is 6.28. The van der Waals surface area contributed by atoms with Gasteiger partial charge in [0.15, 0.2) is 0 Å². The third-order valence-electron chi connectivity index (χ3n) is 3.19. The van der Waals surface area contributed by atoms with Crippen LogP contribution in [-0.4, -0.2) is 16.3 Å². The standard InChI is InChI=1S/C15H19Cl2N3/c1-3-8-18-14(13-7-9-20(2)19-13)10-11-5-4-6-12(16)15(11)17/h4-7,9,14,18H,3,8,10H2,1-2H3. The third kappa shape index (κ3) is 3.75. The molecule has 0 fully saturated rings. The van der Waals surface area contributed by atoms with Gasteiger partial charge in [-0.25, -0.2) is 0 Å². The second-order valence-electron chi connectivity index (χ2n) is 4.84. The highest BCUT2D eigenvalue weighted by Crippen LogP contribution is 2.28. The normalized spacial score (nSPS) is 12.6. The zero-order valence-electron chi connectivity index (χ0n) is 11.7. The Labute approximate surface area is 129 Å². The zero-order chi connectivity index (χ0) is 14.5. The van der Waals surface area contributed by atoms with E-state index >= 15 is 0 Å². The van der Waals surface area contributed by atoms with Crippen LogP contribution in [0.15, 0.2) is 30.5 Å². The lowest BCUT2D eigenvalue weighted by atomic mass is 10.0. The number of hydrogen-bond donors (Lipinski definition) is 1. The molecule has 20 heavy (non-hydrogen) atoms. The summed E-state index contributed by atoms with van der Waals surface area (Å²) in [4.78, 5) is 0. The SMILES string of the molecule is CCCNC(Cc1cccc(Cl)c1Cl)c1ccn(C)n1. The van der Waals surface area contributed by atoms with E-state index in [0.29, 0.717) is 10.0 Å². The quantitative estimate of drug-likeness (QED) is 0.873. The first-order valence-electron chi connectivity index (χ1n) is 6.77. The maximum Gasteiger partial charge on any atom is 0.0797 e. The summed E-state index contributed by atoms with van der Waals surface area (Å²) in [7, 11) is 1.92. The van der Waals surface area contributed by atoms with Gasteiger partial charge in [0.05, 0.1) is 21.8 Å². The van der Waals surface area contributed by atoms with E-state index in [1.807, 2.05) is 42.2 Å². The fraction of sp³-hybridized carbons (Fsp3) is 0.400. The van der Waals surface area contributed by atoms with Crippen molar-refractivity contribution >= 4 is 23.2 Å². The van der Waals surface area contributed by atoms with E-state index in [1.165, 1.54) is 0 Å². The van der Waals surface area contributed by atoms with Crippen LogP contribution in [0.5, 0.6) is 0 Å². The zero-order valence-corrected chi connectivity index (χ0v) is 13.2. The molecular weight excluding hydrogens is 293 g/mol. The summed E-state index contributed by atoms with van der Waals surface area (Å²) in [5.74, 6) is 0. The predicted octanol–water partition coefficient (Wildman–Crippen LogP) is 4.01. The molecule has 0 aliphatic carbocycles. The van der Waals surface area contributed by atoms with E-state index in [9.17, 15) is 0 Å². The predicted molar refractivity (Wildman–Crippen MR) is 84.4 cm³/mol. The van der Waals surface area contributed by atoms with Crippen molar-refractivity contribution in [2.24, 2.45) is 7.05 Å². The molecule has 1 heterocycles. The first-order valence-corrected chi connectivity index (χ1v) is 7.53. The molecular formula is C15H19Cl2N3. The Morgan fingerprint density at radius 3 is 2.75 bits per heavy atom. The third-order valence-corrected chi connectivity index (χ3v) is 4.05. The molecule has 0 saturated heterocycles. The minimum Gasteiger partial charge on any atom is -0.308 e. The van der Waals surface area contributed by atoms with Crippen molar-refractivity contribution in [2.45, 2.75) is 25.8 Å². The summed E-state index contributed by atoms with van der Waals surface area (Å²) in [6.07, 6.45) is 3.80. The van der Waals surface area contributed by atoms with Gasteiger partial charge in [-0.1, -0.05) is 42.3 Å². The molecule has 1 unspecified atom stereocenters. The van der Waals surface area contributed by atoms with Gasteiger partial charge in [-0.3, -0.25) is 4.68 Å². The van der Waals surface area contributed by atoms with Crippen molar-refractivity contribution < 1.29 is 0 Å². The number of nitrogens with one attached hydrogen (secondary N) is 1. The molecule has 0 spiro atoms. The van der Waals surface area contributed by atoms with Crippen LogP contribution in [-0.2, 0) is 13.5 Å². The van der Waals surface area contributed by atoms with Gasteiger partial charge < -0.3 is 5.32 Å². The van der Waals surface area contributed by atoms with Crippen LogP contribution in [0.4, 0.5) is 0 Å². The maximum absolute atomic E-state index is 6.28. The average molecular weight is 312 g/mol. The lowest BCUT2D eigenvalue weighted by Gasteiger charge is -2.17. The Hall–Kier alpha value is -1.03. The van der Waals surface area contributed by atoms with Gasteiger partial charge in [-0.05, 0) is 37.1 Å². The van der Waals surface area contributed by atoms with Crippen molar-refractivity contribution in [2.75, 3.05) is 6.54 Å². The number of hydrogen-bond acceptors (Lipinski definition) is 2. The van der Waals surface area contributed by atoms with Crippen LogP contribution in [0.1, 0.15) is 30.6 Å². The molecule has 0 aliphatic heterocycles. The smallest absolute Gasteiger partial charge is 0.0797 e. The van der Waals surface area contributed by atoms with Crippen LogP contribution >= 0.6 is 23.2 Å². The summed E-state index contributed by atoms with van der Waals surface area (Å²) < 4.78 is 1.82. The molecule has 1 aromatic carbocycles.